The highest BCUT2D eigenvalue weighted by molar-refractivity contribution is 5.65. The molecule has 1 aliphatic carbocycles. The van der Waals surface area contributed by atoms with Crippen molar-refractivity contribution < 1.29 is 10.0 Å². The SMILES string of the molecule is N#Cc1ccnc(N(CCO)C2CCCCC2)c1[N+](=O)[O-]. The molecule has 0 atom stereocenters. The first-order chi connectivity index (χ1) is 10.2. The Morgan fingerprint density at radius 2 is 2.19 bits per heavy atom. The van der Waals surface area contributed by atoms with Crippen LogP contribution in [-0.2, 0) is 0 Å². The fourth-order valence-electron chi connectivity index (χ4n) is 2.89. The summed E-state index contributed by atoms with van der Waals surface area (Å²) in [6, 6.07) is 3.32. The summed E-state index contributed by atoms with van der Waals surface area (Å²) in [5, 5.41) is 29.7. The quantitative estimate of drug-likeness (QED) is 0.657. The molecule has 1 aromatic rings. The predicted molar refractivity (Wildman–Crippen MR) is 76.9 cm³/mol. The second kappa shape index (κ2) is 6.99. The van der Waals surface area contributed by atoms with E-state index >= 15 is 0 Å². The molecule has 0 amide bonds. The van der Waals surface area contributed by atoms with E-state index in [9.17, 15) is 15.2 Å². The molecule has 2 rings (SSSR count). The molecule has 1 heterocycles. The van der Waals surface area contributed by atoms with Crippen molar-refractivity contribution in [3.8, 4) is 6.07 Å². The Morgan fingerprint density at radius 3 is 2.76 bits per heavy atom. The molecule has 0 bridgehead atoms. The minimum absolute atomic E-state index is 0.00347. The number of aromatic nitrogens is 1. The number of aliphatic hydroxyl groups is 1. The average molecular weight is 290 g/mol. The van der Waals surface area contributed by atoms with E-state index in [-0.39, 0.29) is 36.3 Å². The van der Waals surface area contributed by atoms with Gasteiger partial charge >= 0.3 is 5.69 Å². The lowest BCUT2D eigenvalue weighted by atomic mass is 9.94. The molecule has 7 heteroatoms. The molecular weight excluding hydrogens is 272 g/mol. The number of hydrogen-bond acceptors (Lipinski definition) is 6. The molecule has 0 spiro atoms. The van der Waals surface area contributed by atoms with Crippen molar-refractivity contribution in [2.24, 2.45) is 0 Å². The number of nitriles is 1. The maximum atomic E-state index is 11.3. The highest BCUT2D eigenvalue weighted by Gasteiger charge is 2.30. The topological polar surface area (TPSA) is 103 Å². The second-order valence-electron chi connectivity index (χ2n) is 5.11. The summed E-state index contributed by atoms with van der Waals surface area (Å²) in [5.41, 5.74) is -0.261. The lowest BCUT2D eigenvalue weighted by Crippen LogP contribution is -2.39. The maximum Gasteiger partial charge on any atom is 0.329 e. The molecule has 21 heavy (non-hydrogen) atoms. The average Bonchev–Trinajstić information content (AvgIpc) is 2.52. The molecule has 0 aliphatic heterocycles. The van der Waals surface area contributed by atoms with E-state index < -0.39 is 4.92 Å². The van der Waals surface area contributed by atoms with Crippen LogP contribution < -0.4 is 4.90 Å². The van der Waals surface area contributed by atoms with Crippen LogP contribution in [0.1, 0.15) is 37.7 Å². The number of nitrogens with zero attached hydrogens (tertiary/aromatic N) is 4. The number of anilines is 1. The van der Waals surface area contributed by atoms with Gasteiger partial charge < -0.3 is 10.0 Å². The molecule has 0 aromatic carbocycles. The summed E-state index contributed by atoms with van der Waals surface area (Å²) < 4.78 is 0. The van der Waals surface area contributed by atoms with Crippen molar-refractivity contribution in [3.05, 3.63) is 27.9 Å². The molecule has 1 aromatic heterocycles. The van der Waals surface area contributed by atoms with Crippen LogP contribution in [0.5, 0.6) is 0 Å². The molecule has 7 nitrogen and oxygen atoms in total. The Balaban J connectivity index is 2.44. The third-order valence-electron chi connectivity index (χ3n) is 3.84. The van der Waals surface area contributed by atoms with Gasteiger partial charge in [-0.3, -0.25) is 10.1 Å². The van der Waals surface area contributed by atoms with Gasteiger partial charge in [0.15, 0.2) is 0 Å². The zero-order chi connectivity index (χ0) is 15.2. The first kappa shape index (κ1) is 15.2. The first-order valence-corrected chi connectivity index (χ1v) is 7.10. The molecule has 112 valence electrons. The monoisotopic (exact) mass is 290 g/mol. The molecule has 1 fully saturated rings. The Labute approximate surface area is 123 Å². The van der Waals surface area contributed by atoms with Gasteiger partial charge in [-0.25, -0.2) is 4.98 Å². The molecule has 1 saturated carbocycles. The summed E-state index contributed by atoms with van der Waals surface area (Å²) in [5.74, 6) is 0.194. The normalized spacial score (nSPS) is 15.4. The number of pyridine rings is 1. The van der Waals surface area contributed by atoms with Crippen LogP contribution in [0, 0.1) is 21.4 Å². The van der Waals surface area contributed by atoms with Crippen molar-refractivity contribution in [2.75, 3.05) is 18.1 Å². The number of nitro groups is 1. The standard InChI is InChI=1S/C14H18N4O3/c15-10-11-6-7-16-14(13(11)18(20)21)17(8-9-19)12-4-2-1-3-5-12/h6-7,12,19H,1-5,8-9H2. The van der Waals surface area contributed by atoms with Crippen LogP contribution in [0.3, 0.4) is 0 Å². The van der Waals surface area contributed by atoms with Crippen molar-refractivity contribution in [3.63, 3.8) is 0 Å². The fraction of sp³-hybridized carbons (Fsp3) is 0.571. The van der Waals surface area contributed by atoms with Gasteiger partial charge in [-0.2, -0.15) is 5.26 Å². The van der Waals surface area contributed by atoms with Crippen LogP contribution >= 0.6 is 0 Å². The smallest absolute Gasteiger partial charge is 0.329 e. The molecule has 1 aliphatic rings. The van der Waals surface area contributed by atoms with E-state index in [0.29, 0.717) is 0 Å². The Hall–Kier alpha value is -2.20. The van der Waals surface area contributed by atoms with E-state index in [4.69, 9.17) is 5.26 Å². The van der Waals surface area contributed by atoms with Gasteiger partial charge in [-0.05, 0) is 18.9 Å². The molecule has 1 N–H and O–H groups in total. The largest absolute Gasteiger partial charge is 0.395 e. The van der Waals surface area contributed by atoms with Gasteiger partial charge in [0.2, 0.25) is 5.82 Å². The lowest BCUT2D eigenvalue weighted by Gasteiger charge is -2.34. The van der Waals surface area contributed by atoms with Gasteiger partial charge in [0.25, 0.3) is 0 Å². The van der Waals surface area contributed by atoms with Gasteiger partial charge in [0.1, 0.15) is 11.6 Å². The van der Waals surface area contributed by atoms with Gasteiger partial charge in [-0.1, -0.05) is 19.3 Å². The van der Waals surface area contributed by atoms with Gasteiger partial charge in [0.05, 0.1) is 11.5 Å². The first-order valence-electron chi connectivity index (χ1n) is 7.10. The van der Waals surface area contributed by atoms with Crippen molar-refractivity contribution in [2.45, 2.75) is 38.1 Å². The molecule has 0 saturated heterocycles. The Kier molecular flexibility index (Phi) is 5.06. The molecular formula is C14H18N4O3. The highest BCUT2D eigenvalue weighted by atomic mass is 16.6. The summed E-state index contributed by atoms with van der Waals surface area (Å²) >= 11 is 0. The van der Waals surface area contributed by atoms with E-state index in [1.165, 1.54) is 12.3 Å². The Bertz CT molecular complexity index is 550. The minimum atomic E-state index is -0.561. The van der Waals surface area contributed by atoms with E-state index in [1.54, 1.807) is 4.90 Å². The van der Waals surface area contributed by atoms with Crippen molar-refractivity contribution in [1.82, 2.24) is 4.98 Å². The van der Waals surface area contributed by atoms with Gasteiger partial charge in [-0.15, -0.1) is 0 Å². The van der Waals surface area contributed by atoms with Gasteiger partial charge in [0, 0.05) is 18.8 Å². The lowest BCUT2D eigenvalue weighted by molar-refractivity contribution is -0.384. The van der Waals surface area contributed by atoms with Crippen LogP contribution in [0.4, 0.5) is 11.5 Å². The number of rotatable bonds is 5. The maximum absolute atomic E-state index is 11.3. The third kappa shape index (κ3) is 3.28. The number of hydrogen-bond donors (Lipinski definition) is 1. The van der Waals surface area contributed by atoms with E-state index in [2.05, 4.69) is 4.98 Å². The molecule has 0 radical (unpaired) electrons. The van der Waals surface area contributed by atoms with Crippen molar-refractivity contribution >= 4 is 11.5 Å². The van der Waals surface area contributed by atoms with E-state index in [1.807, 2.05) is 6.07 Å². The Morgan fingerprint density at radius 1 is 1.48 bits per heavy atom. The minimum Gasteiger partial charge on any atom is -0.395 e. The third-order valence-corrected chi connectivity index (χ3v) is 3.84. The summed E-state index contributed by atoms with van der Waals surface area (Å²) in [4.78, 5) is 16.7. The highest BCUT2D eigenvalue weighted by Crippen LogP contribution is 2.33. The summed E-state index contributed by atoms with van der Waals surface area (Å²) in [6.07, 6.45) is 6.56. The summed E-state index contributed by atoms with van der Waals surface area (Å²) in [6.45, 7) is 0.180. The van der Waals surface area contributed by atoms with Crippen LogP contribution in [0.25, 0.3) is 0 Å². The van der Waals surface area contributed by atoms with Crippen LogP contribution in [0.2, 0.25) is 0 Å². The second-order valence-corrected chi connectivity index (χ2v) is 5.11. The van der Waals surface area contributed by atoms with Crippen molar-refractivity contribution in [1.29, 1.82) is 5.26 Å². The summed E-state index contributed by atoms with van der Waals surface area (Å²) in [7, 11) is 0. The van der Waals surface area contributed by atoms with Crippen LogP contribution in [0.15, 0.2) is 12.3 Å². The van der Waals surface area contributed by atoms with E-state index in [0.717, 1.165) is 32.1 Å². The zero-order valence-electron chi connectivity index (χ0n) is 11.7. The number of aliphatic hydroxyl groups excluding tert-OH is 1. The fourth-order valence-corrected chi connectivity index (χ4v) is 2.89. The molecule has 0 unspecified atom stereocenters. The predicted octanol–water partition coefficient (Wildman–Crippen LogP) is 1.99. The van der Waals surface area contributed by atoms with Crippen LogP contribution in [-0.4, -0.2) is 34.2 Å². The zero-order valence-corrected chi connectivity index (χ0v) is 11.7.